The lowest BCUT2D eigenvalue weighted by Crippen LogP contribution is -2.46. The van der Waals surface area contributed by atoms with Crippen LogP contribution in [0.5, 0.6) is 0 Å². The number of rotatable bonds is 4. The van der Waals surface area contributed by atoms with Crippen molar-refractivity contribution < 1.29 is 9.22 Å². The van der Waals surface area contributed by atoms with Crippen molar-refractivity contribution in [2.24, 2.45) is 23.2 Å². The van der Waals surface area contributed by atoms with E-state index in [0.717, 1.165) is 0 Å². The van der Waals surface area contributed by atoms with Crippen molar-refractivity contribution in [3.05, 3.63) is 0 Å². The van der Waals surface area contributed by atoms with Gasteiger partial charge in [-0.3, -0.25) is 0 Å². The van der Waals surface area contributed by atoms with Crippen molar-refractivity contribution in [3.63, 3.8) is 0 Å². The van der Waals surface area contributed by atoms with Crippen LogP contribution in [0.3, 0.4) is 0 Å². The van der Waals surface area contributed by atoms with Gasteiger partial charge < -0.3 is 9.22 Å². The first kappa shape index (κ1) is 15.2. The zero-order valence-corrected chi connectivity index (χ0v) is 14.2. The monoisotopic (exact) mass is 282 g/mol. The molecule has 0 aromatic heterocycles. The molecule has 0 radical (unpaired) electrons. The van der Waals surface area contributed by atoms with Crippen LogP contribution in [-0.2, 0) is 9.22 Å². The Bertz CT molecular complexity index is 336. The topological polar surface area (TPSA) is 26.3 Å². The molecular weight excluding hydrogens is 252 g/mol. The second-order valence-electron chi connectivity index (χ2n) is 7.95. The van der Waals surface area contributed by atoms with Crippen LogP contribution < -0.4 is 0 Å². The lowest BCUT2D eigenvalue weighted by atomic mass is 9.62. The van der Waals surface area contributed by atoms with E-state index in [0.29, 0.717) is 23.4 Å². The number of carbonyl (C=O) groups is 1. The zero-order chi connectivity index (χ0) is 14.3. The van der Waals surface area contributed by atoms with Gasteiger partial charge in [-0.05, 0) is 62.6 Å². The molecule has 0 saturated heterocycles. The maximum absolute atomic E-state index is 11.2. The van der Waals surface area contributed by atoms with Crippen molar-refractivity contribution >= 4 is 14.6 Å². The molecule has 1 unspecified atom stereocenters. The summed E-state index contributed by atoms with van der Waals surface area (Å²) in [5, 5.41) is 0. The normalized spacial score (nSPS) is 40.8. The van der Waals surface area contributed by atoms with Gasteiger partial charge >= 0.3 is 0 Å². The molecule has 0 aromatic rings. The van der Waals surface area contributed by atoms with E-state index < -0.39 is 8.32 Å². The highest BCUT2D eigenvalue weighted by Crippen LogP contribution is 2.58. The Morgan fingerprint density at radius 2 is 1.95 bits per heavy atom. The van der Waals surface area contributed by atoms with Gasteiger partial charge in [0.2, 0.25) is 0 Å². The van der Waals surface area contributed by atoms with E-state index in [1.807, 2.05) is 0 Å². The Labute approximate surface area is 119 Å². The third kappa shape index (κ3) is 2.97. The first-order valence-corrected chi connectivity index (χ1v) is 11.3. The Hall–Kier alpha value is -0.153. The van der Waals surface area contributed by atoms with Gasteiger partial charge in [-0.15, -0.1) is 0 Å². The fourth-order valence-corrected chi connectivity index (χ4v) is 5.90. The summed E-state index contributed by atoms with van der Waals surface area (Å²) in [5.41, 5.74) is 0.336. The fourth-order valence-electron chi connectivity index (χ4n) is 4.71. The Kier molecular flexibility index (Phi) is 4.27. The van der Waals surface area contributed by atoms with Crippen LogP contribution in [0, 0.1) is 23.2 Å². The van der Waals surface area contributed by atoms with Gasteiger partial charge in [0.1, 0.15) is 6.29 Å². The van der Waals surface area contributed by atoms with Crippen molar-refractivity contribution in [3.8, 4) is 0 Å². The highest BCUT2D eigenvalue weighted by molar-refractivity contribution is 6.69. The average Bonchev–Trinajstić information content (AvgIpc) is 2.64. The molecule has 110 valence electrons. The standard InChI is InChI=1S/C16H30O2Si/c1-12(11-17)13-8-9-14-15(18-19(3,4)5)7-6-10-16(13,14)2/h11-15H,6-10H2,1-5H3/t12-,13-,14?,15+,16-/m1/s1. The quantitative estimate of drug-likeness (QED) is 0.569. The Morgan fingerprint density at radius 3 is 2.53 bits per heavy atom. The lowest BCUT2D eigenvalue weighted by Gasteiger charge is -2.47. The van der Waals surface area contributed by atoms with Crippen LogP contribution >= 0.6 is 0 Å². The average molecular weight is 282 g/mol. The number of hydrogen-bond acceptors (Lipinski definition) is 2. The molecule has 0 heterocycles. The molecular formula is C16H30O2Si. The highest BCUT2D eigenvalue weighted by Gasteiger charge is 2.53. The summed E-state index contributed by atoms with van der Waals surface area (Å²) >= 11 is 0. The molecule has 2 aliphatic rings. The van der Waals surface area contributed by atoms with Crippen LogP contribution in [0.4, 0.5) is 0 Å². The molecule has 0 amide bonds. The second-order valence-corrected chi connectivity index (χ2v) is 12.4. The Morgan fingerprint density at radius 1 is 1.26 bits per heavy atom. The summed E-state index contributed by atoms with van der Waals surface area (Å²) in [6.45, 7) is 11.4. The molecule has 2 rings (SSSR count). The van der Waals surface area contributed by atoms with Gasteiger partial charge in [-0.1, -0.05) is 20.3 Å². The van der Waals surface area contributed by atoms with E-state index in [1.165, 1.54) is 38.4 Å². The number of carbonyl (C=O) groups excluding carboxylic acids is 1. The zero-order valence-electron chi connectivity index (χ0n) is 13.2. The summed E-state index contributed by atoms with van der Waals surface area (Å²) in [6, 6.07) is 0. The fraction of sp³-hybridized carbons (Fsp3) is 0.938. The molecule has 2 nitrogen and oxygen atoms in total. The van der Waals surface area contributed by atoms with Gasteiger partial charge in [0.05, 0.1) is 0 Å². The van der Waals surface area contributed by atoms with E-state index in [1.54, 1.807) is 0 Å². The van der Waals surface area contributed by atoms with E-state index in [-0.39, 0.29) is 5.92 Å². The SMILES string of the molecule is C[C@H](C=O)[C@H]1CCC2[C@@H](O[Si](C)(C)C)CCC[C@@]21C. The van der Waals surface area contributed by atoms with Crippen LogP contribution in [0.25, 0.3) is 0 Å². The van der Waals surface area contributed by atoms with Crippen LogP contribution in [-0.4, -0.2) is 20.7 Å². The molecule has 3 heteroatoms. The molecule has 0 spiro atoms. The number of aldehydes is 1. The van der Waals surface area contributed by atoms with Crippen molar-refractivity contribution in [2.45, 2.75) is 71.7 Å². The molecule has 0 aliphatic heterocycles. The van der Waals surface area contributed by atoms with Gasteiger partial charge in [0, 0.05) is 12.0 Å². The molecule has 2 saturated carbocycles. The summed E-state index contributed by atoms with van der Waals surface area (Å²) < 4.78 is 6.47. The highest BCUT2D eigenvalue weighted by atomic mass is 28.4. The van der Waals surface area contributed by atoms with Gasteiger partial charge in [-0.2, -0.15) is 0 Å². The lowest BCUT2D eigenvalue weighted by molar-refractivity contribution is -0.114. The molecule has 2 aliphatic carbocycles. The molecule has 5 atom stereocenters. The second kappa shape index (κ2) is 5.32. The van der Waals surface area contributed by atoms with Crippen molar-refractivity contribution in [1.29, 1.82) is 0 Å². The van der Waals surface area contributed by atoms with Crippen molar-refractivity contribution in [1.82, 2.24) is 0 Å². The maximum Gasteiger partial charge on any atom is 0.184 e. The summed E-state index contributed by atoms with van der Waals surface area (Å²) in [4.78, 5) is 11.2. The first-order chi connectivity index (χ1) is 8.78. The minimum atomic E-state index is -1.46. The van der Waals surface area contributed by atoms with E-state index in [2.05, 4.69) is 33.5 Å². The van der Waals surface area contributed by atoms with Crippen LogP contribution in [0.1, 0.15) is 46.0 Å². The smallest absolute Gasteiger partial charge is 0.184 e. The minimum Gasteiger partial charge on any atom is -0.414 e. The van der Waals surface area contributed by atoms with Gasteiger partial charge in [0.25, 0.3) is 0 Å². The molecule has 0 bridgehead atoms. The largest absolute Gasteiger partial charge is 0.414 e. The first-order valence-electron chi connectivity index (χ1n) is 7.91. The maximum atomic E-state index is 11.2. The van der Waals surface area contributed by atoms with Crippen LogP contribution in [0.2, 0.25) is 19.6 Å². The van der Waals surface area contributed by atoms with E-state index in [4.69, 9.17) is 4.43 Å². The predicted molar refractivity (Wildman–Crippen MR) is 81.6 cm³/mol. The summed E-state index contributed by atoms with van der Waals surface area (Å²) in [6.07, 6.45) is 7.88. The third-order valence-electron chi connectivity index (χ3n) is 5.49. The van der Waals surface area contributed by atoms with E-state index in [9.17, 15) is 4.79 Å². The molecule has 0 aromatic carbocycles. The van der Waals surface area contributed by atoms with Crippen molar-refractivity contribution in [2.75, 3.05) is 0 Å². The third-order valence-corrected chi connectivity index (χ3v) is 6.50. The number of fused-ring (bicyclic) bond motifs is 1. The molecule has 0 N–H and O–H groups in total. The van der Waals surface area contributed by atoms with Crippen LogP contribution in [0.15, 0.2) is 0 Å². The van der Waals surface area contributed by atoms with Gasteiger partial charge in [-0.25, -0.2) is 0 Å². The summed E-state index contributed by atoms with van der Waals surface area (Å²) in [5.74, 6) is 1.46. The van der Waals surface area contributed by atoms with Gasteiger partial charge in [0.15, 0.2) is 8.32 Å². The van der Waals surface area contributed by atoms with E-state index >= 15 is 0 Å². The minimum absolute atomic E-state index is 0.209. The molecule has 19 heavy (non-hydrogen) atoms. The molecule has 2 fully saturated rings. The predicted octanol–water partition coefficient (Wildman–Crippen LogP) is 4.26. The Balaban J connectivity index is 2.16. The summed E-state index contributed by atoms with van der Waals surface area (Å²) in [7, 11) is -1.46. The number of hydrogen-bond donors (Lipinski definition) is 0.